The van der Waals surface area contributed by atoms with E-state index in [0.29, 0.717) is 24.1 Å². The van der Waals surface area contributed by atoms with E-state index in [-0.39, 0.29) is 6.42 Å². The van der Waals surface area contributed by atoms with Crippen LogP contribution in [0, 0.1) is 0 Å². The van der Waals surface area contributed by atoms with Gasteiger partial charge < -0.3 is 9.52 Å². The predicted molar refractivity (Wildman–Crippen MR) is 65.0 cm³/mol. The van der Waals surface area contributed by atoms with Crippen molar-refractivity contribution in [3.8, 4) is 0 Å². The van der Waals surface area contributed by atoms with E-state index in [1.54, 1.807) is 12.1 Å². The highest BCUT2D eigenvalue weighted by molar-refractivity contribution is 9.10. The van der Waals surface area contributed by atoms with Gasteiger partial charge in [-0.15, -0.1) is 0 Å². The lowest BCUT2D eigenvalue weighted by molar-refractivity contribution is -0.137. The van der Waals surface area contributed by atoms with Gasteiger partial charge in [0.05, 0.1) is 5.52 Å². The number of hydrogen-bond donors (Lipinski definition) is 1. The second-order valence-corrected chi connectivity index (χ2v) is 4.54. The number of nitrogens with zero attached hydrogens (tertiary/aromatic N) is 1. The zero-order valence-corrected chi connectivity index (χ0v) is 10.4. The smallest absolute Gasteiger partial charge is 0.419 e. The molecule has 0 saturated carbocycles. The number of oxazole rings is 1. The molecule has 0 aliphatic carbocycles. The van der Waals surface area contributed by atoms with Crippen molar-refractivity contribution >= 4 is 33.0 Å². The average Bonchev–Trinajstić information content (AvgIpc) is 2.54. The lowest BCUT2D eigenvalue weighted by atomic mass is 10.3. The van der Waals surface area contributed by atoms with E-state index in [1.165, 1.54) is 4.57 Å². The van der Waals surface area contributed by atoms with Gasteiger partial charge >= 0.3 is 11.7 Å². The predicted octanol–water partition coefficient (Wildman–Crippen LogP) is 2.22. The minimum atomic E-state index is -0.867. The third-order valence-corrected chi connectivity index (χ3v) is 2.90. The summed E-state index contributed by atoms with van der Waals surface area (Å²) in [5.41, 5.74) is 1.18. The lowest BCUT2D eigenvalue weighted by Gasteiger charge is -2.00. The Morgan fingerprint density at radius 2 is 2.24 bits per heavy atom. The summed E-state index contributed by atoms with van der Waals surface area (Å²) < 4.78 is 7.35. The Morgan fingerprint density at radius 1 is 1.47 bits per heavy atom. The van der Waals surface area contributed by atoms with Gasteiger partial charge in [-0.05, 0) is 24.6 Å². The number of carboxylic acids is 1. The molecule has 0 saturated heterocycles. The normalized spacial score (nSPS) is 10.9. The van der Waals surface area contributed by atoms with Crippen molar-refractivity contribution in [1.29, 1.82) is 0 Å². The lowest BCUT2D eigenvalue weighted by Crippen LogP contribution is -2.14. The van der Waals surface area contributed by atoms with Gasteiger partial charge in [-0.3, -0.25) is 9.36 Å². The molecule has 0 atom stereocenters. The summed E-state index contributed by atoms with van der Waals surface area (Å²) in [4.78, 5) is 22.0. The van der Waals surface area contributed by atoms with Crippen molar-refractivity contribution in [3.63, 3.8) is 0 Å². The fourth-order valence-electron chi connectivity index (χ4n) is 1.64. The molecule has 0 aliphatic heterocycles. The Kier molecular flexibility index (Phi) is 3.33. The molecule has 0 amide bonds. The molecule has 2 rings (SSSR count). The van der Waals surface area contributed by atoms with Crippen LogP contribution in [0.2, 0.25) is 0 Å². The molecule has 0 radical (unpaired) electrons. The maximum Gasteiger partial charge on any atom is 0.419 e. The highest BCUT2D eigenvalue weighted by Crippen LogP contribution is 2.19. The van der Waals surface area contributed by atoms with Crippen molar-refractivity contribution in [1.82, 2.24) is 4.57 Å². The van der Waals surface area contributed by atoms with Crippen LogP contribution >= 0.6 is 15.9 Å². The molecule has 1 aromatic heterocycles. The second kappa shape index (κ2) is 4.75. The molecule has 90 valence electrons. The summed E-state index contributed by atoms with van der Waals surface area (Å²) in [5.74, 6) is -1.32. The van der Waals surface area contributed by atoms with Gasteiger partial charge in [-0.2, -0.15) is 0 Å². The first-order valence-electron chi connectivity index (χ1n) is 5.08. The van der Waals surface area contributed by atoms with Crippen molar-refractivity contribution in [3.05, 3.63) is 33.2 Å². The number of halogens is 1. The fourth-order valence-corrected chi connectivity index (χ4v) is 1.98. The van der Waals surface area contributed by atoms with Crippen LogP contribution in [-0.4, -0.2) is 15.6 Å². The zero-order chi connectivity index (χ0) is 12.4. The summed E-state index contributed by atoms with van der Waals surface area (Å²) in [6.07, 6.45) is 0.440. The van der Waals surface area contributed by atoms with Gasteiger partial charge in [0.1, 0.15) is 0 Å². The maximum absolute atomic E-state index is 11.6. The number of benzene rings is 1. The van der Waals surface area contributed by atoms with E-state index in [0.717, 1.165) is 4.47 Å². The molecule has 1 N–H and O–H groups in total. The molecular weight excluding hydrogens is 290 g/mol. The quantitative estimate of drug-likeness (QED) is 0.939. The van der Waals surface area contributed by atoms with Gasteiger partial charge in [-0.1, -0.05) is 15.9 Å². The Balaban J connectivity index is 2.30. The molecule has 2 aromatic rings. The van der Waals surface area contributed by atoms with Gasteiger partial charge in [0.15, 0.2) is 5.58 Å². The Morgan fingerprint density at radius 3 is 2.94 bits per heavy atom. The number of aromatic nitrogens is 1. The second-order valence-electron chi connectivity index (χ2n) is 3.63. The molecule has 0 fully saturated rings. The van der Waals surface area contributed by atoms with Crippen LogP contribution in [0.15, 0.2) is 31.9 Å². The van der Waals surface area contributed by atoms with Gasteiger partial charge in [-0.25, -0.2) is 4.79 Å². The third kappa shape index (κ3) is 2.58. The number of rotatable bonds is 4. The number of carboxylic acid groups (broad SMARTS) is 1. The highest BCUT2D eigenvalue weighted by Gasteiger charge is 2.09. The highest BCUT2D eigenvalue weighted by atomic mass is 79.9. The molecule has 1 heterocycles. The maximum atomic E-state index is 11.6. The molecule has 6 heteroatoms. The van der Waals surface area contributed by atoms with Gasteiger partial charge in [0.2, 0.25) is 0 Å². The molecule has 1 aromatic carbocycles. The van der Waals surface area contributed by atoms with Crippen LogP contribution in [0.1, 0.15) is 12.8 Å². The number of aliphatic carboxylic acids is 1. The molecule has 0 spiro atoms. The SMILES string of the molecule is O=C(O)CCCn1c(=O)oc2cc(Br)ccc21. The number of hydrogen-bond acceptors (Lipinski definition) is 3. The molecule has 0 aliphatic rings. The van der Waals surface area contributed by atoms with Crippen molar-refractivity contribution in [2.45, 2.75) is 19.4 Å². The first-order valence-corrected chi connectivity index (χ1v) is 5.88. The molecular formula is C11H10BrNO4. The average molecular weight is 300 g/mol. The first-order chi connectivity index (χ1) is 8.08. The Labute approximate surface area is 105 Å². The third-order valence-electron chi connectivity index (χ3n) is 2.40. The van der Waals surface area contributed by atoms with E-state index in [9.17, 15) is 9.59 Å². The summed E-state index contributed by atoms with van der Waals surface area (Å²) in [5, 5.41) is 8.54. The van der Waals surface area contributed by atoms with E-state index >= 15 is 0 Å². The minimum Gasteiger partial charge on any atom is -0.481 e. The standard InChI is InChI=1S/C11H10BrNO4/c12-7-3-4-8-9(6-7)17-11(16)13(8)5-1-2-10(14)15/h3-4,6H,1-2,5H2,(H,14,15). The summed E-state index contributed by atoms with van der Waals surface area (Å²) in [6, 6.07) is 5.29. The van der Waals surface area contributed by atoms with Crippen molar-refractivity contribution in [2.75, 3.05) is 0 Å². The first kappa shape index (κ1) is 11.9. The van der Waals surface area contributed by atoms with E-state index < -0.39 is 11.7 Å². The van der Waals surface area contributed by atoms with Crippen LogP contribution in [-0.2, 0) is 11.3 Å². The number of fused-ring (bicyclic) bond motifs is 1. The van der Waals surface area contributed by atoms with Crippen LogP contribution < -0.4 is 5.76 Å². The Hall–Kier alpha value is -1.56. The number of aryl methyl sites for hydroxylation is 1. The van der Waals surface area contributed by atoms with Gasteiger partial charge in [0.25, 0.3) is 0 Å². The van der Waals surface area contributed by atoms with Crippen molar-refractivity contribution < 1.29 is 14.3 Å². The fraction of sp³-hybridized carbons (Fsp3) is 0.273. The van der Waals surface area contributed by atoms with Gasteiger partial charge in [0, 0.05) is 17.4 Å². The molecule has 5 nitrogen and oxygen atoms in total. The molecule has 17 heavy (non-hydrogen) atoms. The monoisotopic (exact) mass is 299 g/mol. The number of carbonyl (C=O) groups is 1. The summed E-state index contributed by atoms with van der Waals surface area (Å²) in [6.45, 7) is 0.347. The van der Waals surface area contributed by atoms with Crippen LogP contribution in [0.5, 0.6) is 0 Å². The topological polar surface area (TPSA) is 72.4 Å². The summed E-state index contributed by atoms with van der Waals surface area (Å²) >= 11 is 3.29. The zero-order valence-electron chi connectivity index (χ0n) is 8.85. The largest absolute Gasteiger partial charge is 0.481 e. The summed E-state index contributed by atoms with van der Waals surface area (Å²) in [7, 11) is 0. The minimum absolute atomic E-state index is 0.0373. The van der Waals surface area contributed by atoms with Crippen molar-refractivity contribution in [2.24, 2.45) is 0 Å². The molecule has 0 bridgehead atoms. The Bertz CT molecular complexity index is 613. The molecule has 0 unspecified atom stereocenters. The van der Waals surface area contributed by atoms with Crippen LogP contribution in [0.25, 0.3) is 11.1 Å². The van der Waals surface area contributed by atoms with E-state index in [2.05, 4.69) is 15.9 Å². The van der Waals surface area contributed by atoms with E-state index in [1.807, 2.05) is 6.07 Å². The van der Waals surface area contributed by atoms with Crippen LogP contribution in [0.4, 0.5) is 0 Å². The van der Waals surface area contributed by atoms with Crippen LogP contribution in [0.3, 0.4) is 0 Å². The van der Waals surface area contributed by atoms with E-state index in [4.69, 9.17) is 9.52 Å².